The molecule has 2 rings (SSSR count). The van der Waals surface area contributed by atoms with Gasteiger partial charge in [-0.3, -0.25) is 9.59 Å². The summed E-state index contributed by atoms with van der Waals surface area (Å²) in [7, 11) is 0. The van der Waals surface area contributed by atoms with Crippen molar-refractivity contribution in [3.63, 3.8) is 0 Å². The molecule has 0 saturated heterocycles. The zero-order valence-corrected chi connectivity index (χ0v) is 18.1. The second-order valence-corrected chi connectivity index (χ2v) is 7.53. The monoisotopic (exact) mass is 396 g/mol. The number of amides is 2. The first-order valence-electron chi connectivity index (χ1n) is 10.1. The van der Waals surface area contributed by atoms with Crippen LogP contribution < -0.4 is 10.1 Å². The van der Waals surface area contributed by atoms with Gasteiger partial charge < -0.3 is 15.0 Å². The van der Waals surface area contributed by atoms with Gasteiger partial charge in [0.05, 0.1) is 0 Å². The molecule has 2 aromatic rings. The van der Waals surface area contributed by atoms with Crippen molar-refractivity contribution in [2.75, 3.05) is 13.2 Å². The minimum atomic E-state index is -0.585. The Balaban J connectivity index is 2.14. The Bertz CT molecular complexity index is 831. The van der Waals surface area contributed by atoms with Crippen LogP contribution in [0.2, 0.25) is 0 Å². The number of ether oxygens (including phenoxy) is 1. The van der Waals surface area contributed by atoms with Crippen LogP contribution in [0.1, 0.15) is 42.5 Å². The van der Waals surface area contributed by atoms with E-state index in [0.717, 1.165) is 28.7 Å². The Morgan fingerprint density at radius 2 is 1.69 bits per heavy atom. The zero-order valence-electron chi connectivity index (χ0n) is 18.1. The molecule has 0 unspecified atom stereocenters. The molecule has 1 N–H and O–H groups in total. The van der Waals surface area contributed by atoms with Crippen LogP contribution in [0.5, 0.6) is 5.75 Å². The van der Waals surface area contributed by atoms with Gasteiger partial charge in [0.1, 0.15) is 11.8 Å². The van der Waals surface area contributed by atoms with Crippen LogP contribution in [0.4, 0.5) is 0 Å². The second kappa shape index (κ2) is 10.6. The van der Waals surface area contributed by atoms with Gasteiger partial charge in [-0.1, -0.05) is 54.4 Å². The summed E-state index contributed by atoms with van der Waals surface area (Å²) in [6.07, 6.45) is 0.847. The van der Waals surface area contributed by atoms with E-state index in [9.17, 15) is 9.59 Å². The van der Waals surface area contributed by atoms with E-state index < -0.39 is 6.04 Å². The van der Waals surface area contributed by atoms with E-state index >= 15 is 0 Å². The van der Waals surface area contributed by atoms with Crippen LogP contribution in [0.15, 0.2) is 42.5 Å². The summed E-state index contributed by atoms with van der Waals surface area (Å²) >= 11 is 0. The van der Waals surface area contributed by atoms with Gasteiger partial charge in [-0.05, 0) is 51.3 Å². The molecule has 0 aliphatic heterocycles. The van der Waals surface area contributed by atoms with E-state index in [1.165, 1.54) is 0 Å². The van der Waals surface area contributed by atoms with E-state index in [2.05, 4.69) is 5.32 Å². The van der Waals surface area contributed by atoms with Gasteiger partial charge in [0.2, 0.25) is 5.91 Å². The third kappa shape index (κ3) is 6.63. The smallest absolute Gasteiger partial charge is 0.261 e. The molecule has 0 aromatic heterocycles. The first-order chi connectivity index (χ1) is 13.8. The third-order valence-corrected chi connectivity index (χ3v) is 4.87. The molecule has 5 nitrogen and oxygen atoms in total. The molecule has 5 heteroatoms. The molecule has 0 heterocycles. The largest absolute Gasteiger partial charge is 0.483 e. The molecule has 0 saturated carbocycles. The van der Waals surface area contributed by atoms with Crippen LogP contribution in [0.3, 0.4) is 0 Å². The quantitative estimate of drug-likeness (QED) is 0.699. The van der Waals surface area contributed by atoms with Crippen molar-refractivity contribution in [2.24, 2.45) is 0 Å². The van der Waals surface area contributed by atoms with E-state index in [1.807, 2.05) is 70.2 Å². The summed E-state index contributed by atoms with van der Waals surface area (Å²) in [6.45, 7) is 10.6. The molecule has 0 radical (unpaired) electrons. The number of benzene rings is 2. The molecule has 0 aliphatic rings. The third-order valence-electron chi connectivity index (χ3n) is 4.87. The summed E-state index contributed by atoms with van der Waals surface area (Å²) in [5.41, 5.74) is 4.25. The molecule has 0 aliphatic carbocycles. The second-order valence-electron chi connectivity index (χ2n) is 7.53. The van der Waals surface area contributed by atoms with Crippen molar-refractivity contribution in [1.82, 2.24) is 10.2 Å². The lowest BCUT2D eigenvalue weighted by atomic mass is 10.1. The maximum absolute atomic E-state index is 13.0. The van der Waals surface area contributed by atoms with E-state index in [1.54, 1.807) is 11.8 Å². The summed E-state index contributed by atoms with van der Waals surface area (Å²) < 4.78 is 5.78. The fourth-order valence-corrected chi connectivity index (χ4v) is 3.05. The summed E-state index contributed by atoms with van der Waals surface area (Å²) in [5, 5.41) is 2.88. The molecule has 2 amide bonds. The first kappa shape index (κ1) is 22.5. The van der Waals surface area contributed by atoms with Crippen LogP contribution in [-0.2, 0) is 16.1 Å². The van der Waals surface area contributed by atoms with Gasteiger partial charge in [-0.25, -0.2) is 0 Å². The Kier molecular flexibility index (Phi) is 8.25. The molecular formula is C24H32N2O3. The average molecular weight is 397 g/mol. The lowest BCUT2D eigenvalue weighted by Crippen LogP contribution is -2.49. The number of nitrogens with zero attached hydrogens (tertiary/aromatic N) is 1. The molecule has 0 fully saturated rings. The molecule has 2 aromatic carbocycles. The predicted molar refractivity (Wildman–Crippen MR) is 116 cm³/mol. The van der Waals surface area contributed by atoms with Crippen molar-refractivity contribution in [3.8, 4) is 5.75 Å². The summed E-state index contributed by atoms with van der Waals surface area (Å²) in [5.74, 6) is 0.311. The maximum Gasteiger partial charge on any atom is 0.261 e. The molecule has 156 valence electrons. The predicted octanol–water partition coefficient (Wildman–Crippen LogP) is 3.93. The van der Waals surface area contributed by atoms with Crippen molar-refractivity contribution in [3.05, 3.63) is 64.7 Å². The topological polar surface area (TPSA) is 58.6 Å². The Labute approximate surface area is 174 Å². The number of carbonyl (C=O) groups excluding carboxylic acids is 2. The van der Waals surface area contributed by atoms with E-state index in [0.29, 0.717) is 18.8 Å². The van der Waals surface area contributed by atoms with Gasteiger partial charge >= 0.3 is 0 Å². The van der Waals surface area contributed by atoms with Gasteiger partial charge in [-0.2, -0.15) is 0 Å². The maximum atomic E-state index is 13.0. The lowest BCUT2D eigenvalue weighted by Gasteiger charge is -2.29. The average Bonchev–Trinajstić information content (AvgIpc) is 2.70. The summed E-state index contributed by atoms with van der Waals surface area (Å²) in [4.78, 5) is 27.1. The van der Waals surface area contributed by atoms with Gasteiger partial charge in [0.15, 0.2) is 6.61 Å². The highest BCUT2D eigenvalue weighted by molar-refractivity contribution is 5.87. The number of carbonyl (C=O) groups is 2. The van der Waals surface area contributed by atoms with Crippen molar-refractivity contribution in [1.29, 1.82) is 0 Å². The van der Waals surface area contributed by atoms with Crippen LogP contribution in [0.25, 0.3) is 0 Å². The SMILES string of the molecule is CCCNC(=O)[C@@H](C)N(Cc1ccc(C)cc1)C(=O)COc1ccc(C)cc1C. The minimum Gasteiger partial charge on any atom is -0.483 e. The Morgan fingerprint density at radius 3 is 2.31 bits per heavy atom. The number of nitrogens with one attached hydrogen (secondary N) is 1. The number of hydrogen-bond donors (Lipinski definition) is 1. The van der Waals surface area contributed by atoms with E-state index in [4.69, 9.17) is 4.74 Å². The van der Waals surface area contributed by atoms with Crippen LogP contribution in [-0.4, -0.2) is 35.9 Å². The fraction of sp³-hybridized carbons (Fsp3) is 0.417. The Morgan fingerprint density at radius 1 is 1.03 bits per heavy atom. The molecule has 0 spiro atoms. The fourth-order valence-electron chi connectivity index (χ4n) is 3.05. The van der Waals surface area contributed by atoms with Crippen molar-refractivity contribution in [2.45, 2.75) is 53.6 Å². The molecule has 29 heavy (non-hydrogen) atoms. The first-order valence-corrected chi connectivity index (χ1v) is 10.1. The highest BCUT2D eigenvalue weighted by Crippen LogP contribution is 2.19. The number of hydrogen-bond acceptors (Lipinski definition) is 3. The number of aryl methyl sites for hydroxylation is 3. The van der Waals surface area contributed by atoms with Crippen molar-refractivity contribution >= 4 is 11.8 Å². The molecule has 0 bridgehead atoms. The lowest BCUT2D eigenvalue weighted by molar-refractivity contribution is -0.142. The standard InChI is InChI=1S/C24H32N2O3/c1-6-13-25-24(28)20(5)26(15-21-10-7-17(2)8-11-21)23(27)16-29-22-12-9-18(3)14-19(22)4/h7-12,14,20H,6,13,15-16H2,1-5H3,(H,25,28)/t20-/m1/s1. The van der Waals surface area contributed by atoms with Crippen LogP contribution in [0, 0.1) is 20.8 Å². The van der Waals surface area contributed by atoms with Gasteiger partial charge in [0.25, 0.3) is 5.91 Å². The summed E-state index contributed by atoms with van der Waals surface area (Å²) in [6, 6.07) is 13.2. The number of rotatable bonds is 9. The zero-order chi connectivity index (χ0) is 21.4. The molecular weight excluding hydrogens is 364 g/mol. The van der Waals surface area contributed by atoms with Gasteiger partial charge in [0, 0.05) is 13.1 Å². The Hall–Kier alpha value is -2.82. The van der Waals surface area contributed by atoms with Crippen LogP contribution >= 0.6 is 0 Å². The minimum absolute atomic E-state index is 0.110. The highest BCUT2D eigenvalue weighted by Gasteiger charge is 2.26. The van der Waals surface area contributed by atoms with Gasteiger partial charge in [-0.15, -0.1) is 0 Å². The highest BCUT2D eigenvalue weighted by atomic mass is 16.5. The van der Waals surface area contributed by atoms with Crippen molar-refractivity contribution < 1.29 is 14.3 Å². The molecule has 1 atom stereocenters. The normalized spacial score (nSPS) is 11.6. The van der Waals surface area contributed by atoms with E-state index in [-0.39, 0.29) is 18.4 Å².